The van der Waals surface area contributed by atoms with Gasteiger partial charge < -0.3 is 11.1 Å². The molecule has 0 saturated heterocycles. The first-order chi connectivity index (χ1) is 8.16. The van der Waals surface area contributed by atoms with Crippen molar-refractivity contribution < 1.29 is 4.79 Å². The number of amides is 1. The predicted octanol–water partition coefficient (Wildman–Crippen LogP) is 2.19. The monoisotopic (exact) mass is 253 g/mol. The zero-order valence-corrected chi connectivity index (χ0v) is 10.3. The fraction of sp³-hybridized carbons (Fsp3) is 0.500. The van der Waals surface area contributed by atoms with E-state index in [4.69, 9.17) is 17.3 Å². The van der Waals surface area contributed by atoms with Gasteiger partial charge in [0, 0.05) is 18.2 Å². The first-order valence-corrected chi connectivity index (χ1v) is 6.20. The molecule has 0 atom stereocenters. The largest absolute Gasteiger partial charge is 0.328 e. The van der Waals surface area contributed by atoms with E-state index in [2.05, 4.69) is 10.3 Å². The van der Waals surface area contributed by atoms with E-state index in [1.54, 1.807) is 18.5 Å². The number of nitrogens with zero attached hydrogens (tertiary/aromatic N) is 1. The Bertz CT molecular complexity index is 402. The Hall–Kier alpha value is -1.13. The number of carbonyl (C=O) groups is 1. The molecule has 17 heavy (non-hydrogen) atoms. The van der Waals surface area contributed by atoms with E-state index < -0.39 is 0 Å². The Balaban J connectivity index is 1.95. The molecule has 0 bridgehead atoms. The number of hydrogen-bond donors (Lipinski definition) is 2. The maximum absolute atomic E-state index is 12.0. The number of nitrogens with one attached hydrogen (secondary N) is 1. The van der Waals surface area contributed by atoms with Crippen molar-refractivity contribution in [2.75, 3.05) is 5.32 Å². The van der Waals surface area contributed by atoms with Crippen molar-refractivity contribution in [2.45, 2.75) is 31.7 Å². The van der Waals surface area contributed by atoms with Crippen molar-refractivity contribution in [1.29, 1.82) is 0 Å². The van der Waals surface area contributed by atoms with Crippen molar-refractivity contribution >= 4 is 23.2 Å². The van der Waals surface area contributed by atoms with E-state index in [0.29, 0.717) is 10.7 Å². The van der Waals surface area contributed by atoms with Crippen LogP contribution in [0, 0.1) is 5.92 Å². The zero-order valence-electron chi connectivity index (χ0n) is 9.53. The molecule has 92 valence electrons. The van der Waals surface area contributed by atoms with E-state index in [0.717, 1.165) is 25.7 Å². The summed E-state index contributed by atoms with van der Waals surface area (Å²) in [5.74, 6) is 0.0675. The summed E-state index contributed by atoms with van der Waals surface area (Å²) in [6, 6.07) is 1.91. The number of rotatable bonds is 2. The molecule has 5 heteroatoms. The number of aromatic nitrogens is 1. The lowest BCUT2D eigenvalue weighted by molar-refractivity contribution is -0.120. The fourth-order valence-corrected chi connectivity index (χ4v) is 2.24. The van der Waals surface area contributed by atoms with Crippen LogP contribution in [0.1, 0.15) is 25.7 Å². The first-order valence-electron chi connectivity index (χ1n) is 5.83. The van der Waals surface area contributed by atoms with Gasteiger partial charge >= 0.3 is 0 Å². The van der Waals surface area contributed by atoms with Crippen LogP contribution in [0.25, 0.3) is 0 Å². The minimum absolute atomic E-state index is 0.0202. The molecule has 1 aromatic rings. The molecule has 0 radical (unpaired) electrons. The van der Waals surface area contributed by atoms with Gasteiger partial charge in [0.2, 0.25) is 5.91 Å². The van der Waals surface area contributed by atoms with Gasteiger partial charge in [0.15, 0.2) is 0 Å². The third-order valence-corrected chi connectivity index (χ3v) is 3.50. The number of carbonyl (C=O) groups excluding carboxylic acids is 1. The maximum Gasteiger partial charge on any atom is 0.227 e. The molecular weight excluding hydrogens is 238 g/mol. The average Bonchev–Trinajstić information content (AvgIpc) is 2.33. The second-order valence-electron chi connectivity index (χ2n) is 4.46. The number of nitrogens with two attached hydrogens (primary N) is 1. The predicted molar refractivity (Wildman–Crippen MR) is 67.8 cm³/mol. The van der Waals surface area contributed by atoms with Crippen molar-refractivity contribution in [2.24, 2.45) is 11.7 Å². The molecule has 3 N–H and O–H groups in total. The number of anilines is 1. The highest BCUT2D eigenvalue weighted by Gasteiger charge is 2.24. The summed E-state index contributed by atoms with van der Waals surface area (Å²) < 4.78 is 0. The van der Waals surface area contributed by atoms with E-state index in [1.165, 1.54) is 0 Å². The third-order valence-electron chi connectivity index (χ3n) is 3.17. The molecule has 0 aliphatic heterocycles. The minimum atomic E-state index is 0.0202. The zero-order chi connectivity index (χ0) is 12.3. The number of hydrogen-bond acceptors (Lipinski definition) is 3. The van der Waals surface area contributed by atoms with Gasteiger partial charge in [-0.05, 0) is 31.7 Å². The highest BCUT2D eigenvalue weighted by molar-refractivity contribution is 6.33. The van der Waals surface area contributed by atoms with E-state index in [9.17, 15) is 4.79 Å². The first kappa shape index (κ1) is 12.3. The Morgan fingerprint density at radius 1 is 1.41 bits per heavy atom. The summed E-state index contributed by atoms with van der Waals surface area (Å²) in [5, 5.41) is 3.34. The second kappa shape index (κ2) is 5.47. The van der Waals surface area contributed by atoms with Gasteiger partial charge in [0.05, 0.1) is 16.9 Å². The normalized spacial score (nSPS) is 24.4. The lowest BCUT2D eigenvalue weighted by Crippen LogP contribution is -2.32. The second-order valence-corrected chi connectivity index (χ2v) is 4.86. The summed E-state index contributed by atoms with van der Waals surface area (Å²) in [5.41, 5.74) is 6.39. The van der Waals surface area contributed by atoms with Gasteiger partial charge in [0.25, 0.3) is 0 Å². The summed E-state index contributed by atoms with van der Waals surface area (Å²) >= 11 is 5.96. The van der Waals surface area contributed by atoms with Crippen LogP contribution in [0.5, 0.6) is 0 Å². The van der Waals surface area contributed by atoms with Crippen molar-refractivity contribution in [3.05, 3.63) is 23.5 Å². The average molecular weight is 254 g/mol. The Morgan fingerprint density at radius 3 is 2.76 bits per heavy atom. The molecular formula is C12H16ClN3O. The Labute approximate surface area is 106 Å². The van der Waals surface area contributed by atoms with Crippen LogP contribution in [0.3, 0.4) is 0 Å². The van der Waals surface area contributed by atoms with Crippen LogP contribution in [-0.2, 0) is 4.79 Å². The molecule has 0 unspecified atom stereocenters. The molecule has 4 nitrogen and oxygen atoms in total. The molecule has 0 spiro atoms. The Morgan fingerprint density at radius 2 is 2.12 bits per heavy atom. The number of halogens is 1. The summed E-state index contributed by atoms with van der Waals surface area (Å²) in [7, 11) is 0. The van der Waals surface area contributed by atoms with Crippen LogP contribution >= 0.6 is 11.6 Å². The van der Waals surface area contributed by atoms with Crippen LogP contribution in [0.15, 0.2) is 18.5 Å². The van der Waals surface area contributed by atoms with E-state index >= 15 is 0 Å². The molecule has 0 aromatic carbocycles. The molecule has 1 fully saturated rings. The molecule has 1 aromatic heterocycles. The molecule has 1 aliphatic rings. The van der Waals surface area contributed by atoms with Crippen LogP contribution in [0.2, 0.25) is 5.02 Å². The maximum atomic E-state index is 12.0. The fourth-order valence-electron chi connectivity index (χ4n) is 2.09. The highest BCUT2D eigenvalue weighted by atomic mass is 35.5. The smallest absolute Gasteiger partial charge is 0.227 e. The van der Waals surface area contributed by atoms with E-state index in [1.807, 2.05) is 0 Å². The van der Waals surface area contributed by atoms with Gasteiger partial charge in [-0.2, -0.15) is 0 Å². The number of pyridine rings is 1. The van der Waals surface area contributed by atoms with Crippen molar-refractivity contribution in [3.8, 4) is 0 Å². The van der Waals surface area contributed by atoms with Gasteiger partial charge in [-0.15, -0.1) is 0 Å². The summed E-state index contributed by atoms with van der Waals surface area (Å²) in [6.45, 7) is 0. The van der Waals surface area contributed by atoms with Crippen molar-refractivity contribution in [3.63, 3.8) is 0 Å². The molecule has 1 amide bonds. The third kappa shape index (κ3) is 3.17. The van der Waals surface area contributed by atoms with Gasteiger partial charge in [-0.1, -0.05) is 11.6 Å². The van der Waals surface area contributed by atoms with Crippen LogP contribution in [-0.4, -0.2) is 16.9 Å². The van der Waals surface area contributed by atoms with Crippen LogP contribution in [0.4, 0.5) is 5.69 Å². The van der Waals surface area contributed by atoms with Gasteiger partial charge in [0.1, 0.15) is 0 Å². The van der Waals surface area contributed by atoms with Gasteiger partial charge in [-0.3, -0.25) is 9.78 Å². The summed E-state index contributed by atoms with van der Waals surface area (Å²) in [6.07, 6.45) is 6.69. The quantitative estimate of drug-likeness (QED) is 0.849. The van der Waals surface area contributed by atoms with Gasteiger partial charge in [-0.25, -0.2) is 0 Å². The van der Waals surface area contributed by atoms with E-state index in [-0.39, 0.29) is 17.9 Å². The SMILES string of the molecule is NC1CCC(C(=O)Nc2cnccc2Cl)CC1. The van der Waals surface area contributed by atoms with Crippen molar-refractivity contribution in [1.82, 2.24) is 4.98 Å². The highest BCUT2D eigenvalue weighted by Crippen LogP contribution is 2.26. The minimum Gasteiger partial charge on any atom is -0.328 e. The lowest BCUT2D eigenvalue weighted by atomic mass is 9.86. The molecule has 2 rings (SSSR count). The standard InChI is InChI=1S/C12H16ClN3O/c13-10-5-6-15-7-11(10)16-12(17)8-1-3-9(14)4-2-8/h5-9H,1-4,14H2,(H,16,17). The molecule has 1 saturated carbocycles. The molecule has 1 aliphatic carbocycles. The lowest BCUT2D eigenvalue weighted by Gasteiger charge is -2.25. The molecule has 1 heterocycles. The summed E-state index contributed by atoms with van der Waals surface area (Å²) in [4.78, 5) is 15.9. The van der Waals surface area contributed by atoms with Crippen LogP contribution < -0.4 is 11.1 Å². The topological polar surface area (TPSA) is 68.0 Å². The Kier molecular flexibility index (Phi) is 3.97.